The van der Waals surface area contributed by atoms with Gasteiger partial charge in [0.2, 0.25) is 5.88 Å². The molecule has 3 heterocycles. The molecule has 1 aliphatic rings. The first kappa shape index (κ1) is 16.9. The Morgan fingerprint density at radius 3 is 2.92 bits per heavy atom. The fourth-order valence-corrected chi connectivity index (χ4v) is 3.55. The topological polar surface area (TPSA) is 71.1 Å². The molecule has 0 spiro atoms. The monoisotopic (exact) mass is 367 g/mol. The highest BCUT2D eigenvalue weighted by molar-refractivity contribution is 6.29. The van der Waals surface area contributed by atoms with Crippen molar-refractivity contribution in [3.05, 3.63) is 58.4 Å². The molecule has 26 heavy (non-hydrogen) atoms. The van der Waals surface area contributed by atoms with E-state index in [0.29, 0.717) is 34.9 Å². The Labute approximate surface area is 156 Å². The number of aromatic nitrogens is 1. The van der Waals surface area contributed by atoms with Crippen molar-refractivity contribution in [3.8, 4) is 11.9 Å². The molecule has 1 N–H and O–H groups in total. The van der Waals surface area contributed by atoms with E-state index >= 15 is 0 Å². The summed E-state index contributed by atoms with van der Waals surface area (Å²) in [6.07, 6.45) is 2.19. The number of nitrogens with one attached hydrogen (secondary N) is 1. The summed E-state index contributed by atoms with van der Waals surface area (Å²) < 4.78 is 11.5. The highest BCUT2D eigenvalue weighted by Crippen LogP contribution is 2.30. The van der Waals surface area contributed by atoms with Crippen molar-refractivity contribution in [1.82, 2.24) is 10.3 Å². The maximum absolute atomic E-state index is 9.22. The van der Waals surface area contributed by atoms with Gasteiger partial charge < -0.3 is 14.5 Å². The van der Waals surface area contributed by atoms with E-state index in [4.69, 9.17) is 20.8 Å². The van der Waals surface area contributed by atoms with Crippen LogP contribution in [0, 0.1) is 11.3 Å². The van der Waals surface area contributed by atoms with Crippen molar-refractivity contribution in [2.45, 2.75) is 25.4 Å². The Morgan fingerprint density at radius 1 is 1.27 bits per heavy atom. The number of pyridine rings is 1. The van der Waals surface area contributed by atoms with Crippen molar-refractivity contribution in [3.63, 3.8) is 0 Å². The van der Waals surface area contributed by atoms with Gasteiger partial charge in [-0.25, -0.2) is 4.98 Å². The molecule has 132 valence electrons. The van der Waals surface area contributed by atoms with E-state index in [1.165, 1.54) is 0 Å². The minimum absolute atomic E-state index is 0.259. The third-order valence-corrected chi connectivity index (χ3v) is 4.92. The van der Waals surface area contributed by atoms with Gasteiger partial charge in [0.25, 0.3) is 0 Å². The average Bonchev–Trinajstić information content (AvgIpc) is 3.08. The maximum atomic E-state index is 9.22. The zero-order valence-electron chi connectivity index (χ0n) is 14.2. The number of hydrogen-bond donors (Lipinski definition) is 1. The minimum atomic E-state index is 0.259. The van der Waals surface area contributed by atoms with Gasteiger partial charge in [0.15, 0.2) is 5.22 Å². The van der Waals surface area contributed by atoms with Crippen LogP contribution in [0.3, 0.4) is 0 Å². The standard InChI is InChI=1S/C20H18ClN3O2/c21-18-10-16-14(11-22)4-5-15(20(16)26-18)12-25-19-3-1-2-17(24-19)13-6-8-23-9-7-13/h1-5,10,13,23H,6-9,12H2. The van der Waals surface area contributed by atoms with Gasteiger partial charge in [0, 0.05) is 34.7 Å². The molecule has 3 aromatic rings. The molecule has 0 radical (unpaired) electrons. The predicted molar refractivity (Wildman–Crippen MR) is 99.4 cm³/mol. The summed E-state index contributed by atoms with van der Waals surface area (Å²) in [6, 6.07) is 13.3. The highest BCUT2D eigenvalue weighted by Gasteiger charge is 2.17. The molecule has 0 bridgehead atoms. The zero-order chi connectivity index (χ0) is 17.9. The van der Waals surface area contributed by atoms with E-state index in [1.807, 2.05) is 18.2 Å². The van der Waals surface area contributed by atoms with Crippen molar-refractivity contribution >= 4 is 22.6 Å². The van der Waals surface area contributed by atoms with E-state index in [-0.39, 0.29) is 5.22 Å². The van der Waals surface area contributed by atoms with Crippen LogP contribution in [-0.2, 0) is 6.61 Å². The number of nitrogens with zero attached hydrogens (tertiary/aromatic N) is 2. The summed E-state index contributed by atoms with van der Waals surface area (Å²) in [5, 5.41) is 13.6. The quantitative estimate of drug-likeness (QED) is 0.740. The van der Waals surface area contributed by atoms with Crippen LogP contribution in [0.1, 0.15) is 35.6 Å². The van der Waals surface area contributed by atoms with Crippen molar-refractivity contribution < 1.29 is 9.15 Å². The van der Waals surface area contributed by atoms with E-state index in [9.17, 15) is 5.26 Å². The van der Waals surface area contributed by atoms with Crippen molar-refractivity contribution in [2.24, 2.45) is 0 Å². The molecule has 2 aromatic heterocycles. The Bertz CT molecular complexity index is 971. The molecule has 5 nitrogen and oxygen atoms in total. The molecule has 6 heteroatoms. The molecule has 0 unspecified atom stereocenters. The maximum Gasteiger partial charge on any atom is 0.213 e. The fourth-order valence-electron chi connectivity index (χ4n) is 3.37. The SMILES string of the molecule is N#Cc1ccc(COc2cccc(C3CCNCC3)n2)c2oc(Cl)cc12. The molecule has 0 amide bonds. The molecular weight excluding hydrogens is 350 g/mol. The summed E-state index contributed by atoms with van der Waals surface area (Å²) in [4.78, 5) is 4.67. The number of hydrogen-bond acceptors (Lipinski definition) is 5. The Morgan fingerprint density at radius 2 is 2.12 bits per heavy atom. The summed E-state index contributed by atoms with van der Waals surface area (Å²) >= 11 is 5.97. The van der Waals surface area contributed by atoms with Gasteiger partial charge in [-0.1, -0.05) is 12.1 Å². The van der Waals surface area contributed by atoms with Crippen molar-refractivity contribution in [2.75, 3.05) is 13.1 Å². The van der Waals surface area contributed by atoms with E-state index in [1.54, 1.807) is 12.1 Å². The first-order valence-corrected chi connectivity index (χ1v) is 9.04. The lowest BCUT2D eigenvalue weighted by molar-refractivity contribution is 0.291. The van der Waals surface area contributed by atoms with E-state index < -0.39 is 0 Å². The Hall–Kier alpha value is -2.55. The predicted octanol–water partition coefficient (Wildman–Crippen LogP) is 4.40. The lowest BCUT2D eigenvalue weighted by Gasteiger charge is -2.22. The third kappa shape index (κ3) is 3.39. The molecule has 1 aliphatic heterocycles. The highest BCUT2D eigenvalue weighted by atomic mass is 35.5. The second-order valence-electron chi connectivity index (χ2n) is 6.39. The molecule has 1 saturated heterocycles. The summed E-state index contributed by atoms with van der Waals surface area (Å²) in [7, 11) is 0. The van der Waals surface area contributed by atoms with Gasteiger partial charge in [0.05, 0.1) is 11.6 Å². The molecule has 0 saturated carbocycles. The largest absolute Gasteiger partial charge is 0.473 e. The average molecular weight is 368 g/mol. The van der Waals surface area contributed by atoms with Crippen LogP contribution < -0.4 is 10.1 Å². The Kier molecular flexibility index (Phi) is 4.79. The number of benzene rings is 1. The summed E-state index contributed by atoms with van der Waals surface area (Å²) in [5.74, 6) is 1.07. The summed E-state index contributed by atoms with van der Waals surface area (Å²) in [6.45, 7) is 2.36. The second kappa shape index (κ2) is 7.36. The molecule has 4 rings (SSSR count). The number of halogens is 1. The van der Waals surface area contributed by atoms with Gasteiger partial charge in [0.1, 0.15) is 12.2 Å². The first-order valence-electron chi connectivity index (χ1n) is 8.66. The number of ether oxygens (including phenoxy) is 1. The molecule has 1 fully saturated rings. The van der Waals surface area contributed by atoms with Gasteiger partial charge in [-0.15, -0.1) is 0 Å². The summed E-state index contributed by atoms with van der Waals surface area (Å²) in [5.41, 5.74) is 3.03. The molecule has 0 atom stereocenters. The normalized spacial score (nSPS) is 15.1. The van der Waals surface area contributed by atoms with Gasteiger partial charge >= 0.3 is 0 Å². The van der Waals surface area contributed by atoms with Crippen LogP contribution in [0.4, 0.5) is 0 Å². The number of rotatable bonds is 4. The molecule has 1 aromatic carbocycles. The fraction of sp³-hybridized carbons (Fsp3) is 0.300. The van der Waals surface area contributed by atoms with Crippen LogP contribution in [0.25, 0.3) is 11.0 Å². The van der Waals surface area contributed by atoms with E-state index in [0.717, 1.165) is 37.2 Å². The van der Waals surface area contributed by atoms with Crippen molar-refractivity contribution in [1.29, 1.82) is 5.26 Å². The molecular formula is C20H18ClN3O2. The van der Waals surface area contributed by atoms with Crippen LogP contribution in [-0.4, -0.2) is 18.1 Å². The van der Waals surface area contributed by atoms with Crippen LogP contribution >= 0.6 is 11.6 Å². The van der Waals surface area contributed by atoms with Crippen LogP contribution in [0.2, 0.25) is 5.22 Å². The lowest BCUT2D eigenvalue weighted by Crippen LogP contribution is -2.27. The first-order chi connectivity index (χ1) is 12.7. The minimum Gasteiger partial charge on any atom is -0.473 e. The zero-order valence-corrected chi connectivity index (χ0v) is 14.9. The van der Waals surface area contributed by atoms with Gasteiger partial charge in [-0.3, -0.25) is 0 Å². The third-order valence-electron chi connectivity index (χ3n) is 4.73. The van der Waals surface area contributed by atoms with Crippen LogP contribution in [0.15, 0.2) is 40.8 Å². The van der Waals surface area contributed by atoms with Crippen LogP contribution in [0.5, 0.6) is 5.88 Å². The number of piperidine rings is 1. The number of fused-ring (bicyclic) bond motifs is 1. The Balaban J connectivity index is 1.54. The number of furan rings is 1. The lowest BCUT2D eigenvalue weighted by atomic mass is 9.94. The molecule has 0 aliphatic carbocycles. The smallest absolute Gasteiger partial charge is 0.213 e. The van der Waals surface area contributed by atoms with Gasteiger partial charge in [-0.05, 0) is 49.7 Å². The van der Waals surface area contributed by atoms with Gasteiger partial charge in [-0.2, -0.15) is 5.26 Å². The van der Waals surface area contributed by atoms with E-state index in [2.05, 4.69) is 22.4 Å². The second-order valence-corrected chi connectivity index (χ2v) is 6.76. The number of nitriles is 1.